The van der Waals surface area contributed by atoms with Gasteiger partial charge < -0.3 is 4.90 Å². The van der Waals surface area contributed by atoms with Gasteiger partial charge >= 0.3 is 0 Å². The number of carbonyl (C=O) groups is 1. The van der Waals surface area contributed by atoms with Gasteiger partial charge in [-0.2, -0.15) is 5.26 Å². The molecule has 1 amide bonds. The molecule has 1 N–H and O–H groups in total. The van der Waals surface area contributed by atoms with Crippen molar-refractivity contribution in [1.29, 1.82) is 5.26 Å². The first-order valence-corrected chi connectivity index (χ1v) is 8.96. The maximum Gasteiger partial charge on any atom is 0.265 e. The van der Waals surface area contributed by atoms with Gasteiger partial charge in [-0.25, -0.2) is 5.01 Å². The van der Waals surface area contributed by atoms with Crippen LogP contribution in [0.15, 0.2) is 48.8 Å². The molecule has 2 aliphatic rings. The molecule has 3 heterocycles. The number of fused-ring (bicyclic) bond motifs is 1. The minimum atomic E-state index is -0.119. The monoisotopic (exact) mass is 347 g/mol. The van der Waals surface area contributed by atoms with Crippen LogP contribution in [0.2, 0.25) is 0 Å². The molecule has 0 radical (unpaired) electrons. The molecule has 2 atom stereocenters. The van der Waals surface area contributed by atoms with Crippen molar-refractivity contribution in [2.24, 2.45) is 5.92 Å². The highest BCUT2D eigenvalue weighted by Gasteiger charge is 2.38. The molecule has 2 unspecified atom stereocenters. The lowest BCUT2D eigenvalue weighted by Crippen LogP contribution is -2.50. The number of benzene rings is 1. The maximum atomic E-state index is 12.7. The molecular formula is C20H21N5O. The van der Waals surface area contributed by atoms with Gasteiger partial charge in [0.05, 0.1) is 6.04 Å². The molecule has 1 saturated heterocycles. The van der Waals surface area contributed by atoms with E-state index in [0.717, 1.165) is 32.5 Å². The van der Waals surface area contributed by atoms with Crippen LogP contribution < -0.4 is 5.43 Å². The minimum Gasteiger partial charge on any atom is -0.310 e. The Morgan fingerprint density at radius 2 is 2.00 bits per heavy atom. The van der Waals surface area contributed by atoms with E-state index in [1.54, 1.807) is 24.5 Å². The predicted molar refractivity (Wildman–Crippen MR) is 96.6 cm³/mol. The first kappa shape index (κ1) is 16.6. The second-order valence-corrected chi connectivity index (χ2v) is 6.86. The third-order valence-corrected chi connectivity index (χ3v) is 5.33. The average molecular weight is 347 g/mol. The molecule has 6 heteroatoms. The van der Waals surface area contributed by atoms with Crippen LogP contribution in [0.5, 0.6) is 0 Å². The molecule has 1 aromatic heterocycles. The van der Waals surface area contributed by atoms with E-state index >= 15 is 0 Å². The fourth-order valence-electron chi connectivity index (χ4n) is 4.07. The van der Waals surface area contributed by atoms with Gasteiger partial charge in [0.2, 0.25) is 0 Å². The van der Waals surface area contributed by atoms with Crippen molar-refractivity contribution in [3.63, 3.8) is 0 Å². The summed E-state index contributed by atoms with van der Waals surface area (Å²) in [5.74, 6) is 0.195. The van der Waals surface area contributed by atoms with E-state index in [1.165, 1.54) is 11.1 Å². The number of amides is 1. The summed E-state index contributed by atoms with van der Waals surface area (Å²) >= 11 is 0. The largest absolute Gasteiger partial charge is 0.310 e. The van der Waals surface area contributed by atoms with Crippen LogP contribution >= 0.6 is 0 Å². The number of likely N-dealkylation sites (tertiary alicyclic amines) is 1. The Balaban J connectivity index is 1.61. The lowest BCUT2D eigenvalue weighted by atomic mass is 9.85. The zero-order valence-electron chi connectivity index (χ0n) is 14.5. The lowest BCUT2D eigenvalue weighted by molar-refractivity contribution is 0.0528. The Kier molecular flexibility index (Phi) is 4.55. The fourth-order valence-corrected chi connectivity index (χ4v) is 4.07. The number of rotatable bonds is 3. The molecule has 1 fully saturated rings. The van der Waals surface area contributed by atoms with Crippen LogP contribution in [0.3, 0.4) is 0 Å². The first-order valence-electron chi connectivity index (χ1n) is 8.96. The smallest absolute Gasteiger partial charge is 0.265 e. The zero-order valence-corrected chi connectivity index (χ0v) is 14.5. The SMILES string of the molecule is N#CN1CCC(C2c3ccccc3CCN2NC(=O)c2ccncc2)C1. The third-order valence-electron chi connectivity index (χ3n) is 5.33. The number of carbonyl (C=O) groups excluding carboxylic acids is 1. The lowest BCUT2D eigenvalue weighted by Gasteiger charge is -2.40. The van der Waals surface area contributed by atoms with Crippen LogP contribution in [-0.2, 0) is 6.42 Å². The molecule has 4 rings (SSSR count). The van der Waals surface area contributed by atoms with E-state index in [1.807, 2.05) is 4.90 Å². The van der Waals surface area contributed by atoms with Gasteiger partial charge in [0.25, 0.3) is 5.91 Å². The molecule has 0 aliphatic carbocycles. The number of hydrogen-bond donors (Lipinski definition) is 1. The molecule has 0 saturated carbocycles. The summed E-state index contributed by atoms with van der Waals surface area (Å²) in [6.07, 6.45) is 7.36. The Hall–Kier alpha value is -2.91. The van der Waals surface area contributed by atoms with Gasteiger partial charge in [-0.15, -0.1) is 0 Å². The minimum absolute atomic E-state index is 0.0871. The van der Waals surface area contributed by atoms with E-state index in [2.05, 4.69) is 45.9 Å². The molecule has 1 aromatic carbocycles. The maximum absolute atomic E-state index is 12.7. The topological polar surface area (TPSA) is 72.3 Å². The molecule has 0 bridgehead atoms. The van der Waals surface area contributed by atoms with Crippen molar-refractivity contribution >= 4 is 5.91 Å². The number of nitrogens with zero attached hydrogens (tertiary/aromatic N) is 4. The van der Waals surface area contributed by atoms with Crippen molar-refractivity contribution < 1.29 is 4.79 Å². The summed E-state index contributed by atoms with van der Waals surface area (Å²) < 4.78 is 0. The molecule has 132 valence electrons. The molecular weight excluding hydrogens is 326 g/mol. The molecule has 26 heavy (non-hydrogen) atoms. The van der Waals surface area contributed by atoms with Gasteiger partial charge in [-0.05, 0) is 36.1 Å². The van der Waals surface area contributed by atoms with E-state index in [9.17, 15) is 10.1 Å². The van der Waals surface area contributed by atoms with Gasteiger partial charge in [0.15, 0.2) is 6.19 Å². The Morgan fingerprint density at radius 1 is 1.19 bits per heavy atom. The number of hydrazine groups is 1. The van der Waals surface area contributed by atoms with Crippen LogP contribution in [0.4, 0.5) is 0 Å². The van der Waals surface area contributed by atoms with Gasteiger partial charge in [0.1, 0.15) is 0 Å². The van der Waals surface area contributed by atoms with Crippen molar-refractivity contribution in [1.82, 2.24) is 20.3 Å². The van der Waals surface area contributed by atoms with E-state index in [4.69, 9.17) is 0 Å². The van der Waals surface area contributed by atoms with Crippen LogP contribution in [0.1, 0.15) is 33.9 Å². The number of aromatic nitrogens is 1. The highest BCUT2D eigenvalue weighted by molar-refractivity contribution is 5.93. The summed E-state index contributed by atoms with van der Waals surface area (Å²) in [6, 6.07) is 12.0. The van der Waals surface area contributed by atoms with E-state index in [0.29, 0.717) is 11.5 Å². The highest BCUT2D eigenvalue weighted by Crippen LogP contribution is 2.38. The molecule has 2 aliphatic heterocycles. The van der Waals surface area contributed by atoms with E-state index in [-0.39, 0.29) is 11.9 Å². The highest BCUT2D eigenvalue weighted by atomic mass is 16.2. The number of pyridine rings is 1. The summed E-state index contributed by atoms with van der Waals surface area (Å²) in [5, 5.41) is 11.3. The van der Waals surface area contributed by atoms with Crippen LogP contribution in [-0.4, -0.2) is 40.4 Å². The van der Waals surface area contributed by atoms with Crippen molar-refractivity contribution in [2.75, 3.05) is 19.6 Å². The number of nitrogens with one attached hydrogen (secondary N) is 1. The average Bonchev–Trinajstić information content (AvgIpc) is 3.17. The van der Waals surface area contributed by atoms with Gasteiger partial charge in [-0.3, -0.25) is 15.2 Å². The Labute approximate surface area is 153 Å². The number of nitriles is 1. The zero-order chi connectivity index (χ0) is 17.9. The van der Waals surface area contributed by atoms with Crippen LogP contribution in [0.25, 0.3) is 0 Å². The molecule has 0 spiro atoms. The van der Waals surface area contributed by atoms with Crippen LogP contribution in [0, 0.1) is 17.4 Å². The summed E-state index contributed by atoms with van der Waals surface area (Å²) in [6.45, 7) is 2.28. The molecule has 2 aromatic rings. The Bertz CT molecular complexity index is 832. The van der Waals surface area contributed by atoms with Crippen molar-refractivity contribution in [2.45, 2.75) is 18.9 Å². The summed E-state index contributed by atoms with van der Waals surface area (Å²) in [4.78, 5) is 18.4. The first-order chi connectivity index (χ1) is 12.8. The Morgan fingerprint density at radius 3 is 2.77 bits per heavy atom. The number of hydrogen-bond acceptors (Lipinski definition) is 5. The standard InChI is InChI=1S/C20H21N5O/c21-14-24-11-7-17(13-24)19-18-4-2-1-3-15(18)8-12-25(19)23-20(26)16-5-9-22-10-6-16/h1-6,9-10,17,19H,7-8,11-13H2,(H,23,26). The summed E-state index contributed by atoms with van der Waals surface area (Å²) in [7, 11) is 0. The van der Waals surface area contributed by atoms with Crippen molar-refractivity contribution in [3.05, 3.63) is 65.5 Å². The second kappa shape index (κ2) is 7.14. The third kappa shape index (κ3) is 3.14. The predicted octanol–water partition coefficient (Wildman–Crippen LogP) is 2.13. The van der Waals surface area contributed by atoms with Crippen molar-refractivity contribution in [3.8, 4) is 6.19 Å². The quantitative estimate of drug-likeness (QED) is 0.861. The molecule has 6 nitrogen and oxygen atoms in total. The van der Waals surface area contributed by atoms with Gasteiger partial charge in [0, 0.05) is 43.5 Å². The van der Waals surface area contributed by atoms with Gasteiger partial charge in [-0.1, -0.05) is 24.3 Å². The second-order valence-electron chi connectivity index (χ2n) is 6.86. The summed E-state index contributed by atoms with van der Waals surface area (Å²) in [5.41, 5.74) is 6.30. The normalized spacial score (nSPS) is 22.5. The van der Waals surface area contributed by atoms with E-state index < -0.39 is 0 Å². The fraction of sp³-hybridized carbons (Fsp3) is 0.350.